The first-order valence-corrected chi connectivity index (χ1v) is 7.53. The number of fused-ring (bicyclic) bond motifs is 2. The Morgan fingerprint density at radius 1 is 1.24 bits per heavy atom. The monoisotopic (exact) mass is 236 g/mol. The molecule has 4 unspecified atom stereocenters. The van der Waals surface area contributed by atoms with E-state index < -0.39 is 0 Å². The molecule has 2 nitrogen and oxygen atoms in total. The fourth-order valence-electron chi connectivity index (χ4n) is 4.72. The molecule has 1 aliphatic heterocycles. The molecule has 3 aliphatic rings. The lowest BCUT2D eigenvalue weighted by atomic mass is 9.81. The third kappa shape index (κ3) is 2.26. The highest BCUT2D eigenvalue weighted by atomic mass is 15.1. The molecule has 3 fully saturated rings. The Balaban J connectivity index is 1.60. The van der Waals surface area contributed by atoms with Gasteiger partial charge in [0.1, 0.15) is 0 Å². The molecule has 0 amide bonds. The van der Waals surface area contributed by atoms with E-state index in [2.05, 4.69) is 18.7 Å². The number of hydrogen-bond donors (Lipinski definition) is 1. The molecule has 0 spiro atoms. The molecule has 0 aromatic carbocycles. The summed E-state index contributed by atoms with van der Waals surface area (Å²) in [4.78, 5) is 2.70. The van der Waals surface area contributed by atoms with Crippen LogP contribution in [0, 0.1) is 23.2 Å². The molecule has 0 radical (unpaired) electrons. The van der Waals surface area contributed by atoms with E-state index in [4.69, 9.17) is 5.73 Å². The number of piperidine rings is 1. The highest BCUT2D eigenvalue weighted by molar-refractivity contribution is 5.00. The molecule has 4 atom stereocenters. The van der Waals surface area contributed by atoms with Crippen molar-refractivity contribution in [1.82, 2.24) is 4.90 Å². The molecular weight excluding hydrogens is 208 g/mol. The van der Waals surface area contributed by atoms with Gasteiger partial charge < -0.3 is 10.6 Å². The van der Waals surface area contributed by atoms with E-state index >= 15 is 0 Å². The van der Waals surface area contributed by atoms with Gasteiger partial charge in [0.15, 0.2) is 0 Å². The second-order valence-electron chi connectivity index (χ2n) is 7.58. The van der Waals surface area contributed by atoms with Crippen molar-refractivity contribution in [2.75, 3.05) is 19.6 Å². The average Bonchev–Trinajstić information content (AvgIpc) is 2.81. The minimum absolute atomic E-state index is 0.513. The van der Waals surface area contributed by atoms with Crippen molar-refractivity contribution >= 4 is 0 Å². The van der Waals surface area contributed by atoms with Crippen molar-refractivity contribution < 1.29 is 0 Å². The average molecular weight is 236 g/mol. The Labute approximate surface area is 106 Å². The Hall–Kier alpha value is -0.0800. The highest BCUT2D eigenvalue weighted by Crippen LogP contribution is 2.48. The summed E-state index contributed by atoms with van der Waals surface area (Å²) in [6, 6.07) is 0.513. The van der Waals surface area contributed by atoms with Crippen molar-refractivity contribution in [3.8, 4) is 0 Å². The Morgan fingerprint density at radius 2 is 2.00 bits per heavy atom. The lowest BCUT2D eigenvalue weighted by Crippen LogP contribution is -2.47. The molecule has 2 aliphatic carbocycles. The molecule has 17 heavy (non-hydrogen) atoms. The molecule has 98 valence electrons. The van der Waals surface area contributed by atoms with Gasteiger partial charge >= 0.3 is 0 Å². The van der Waals surface area contributed by atoms with Crippen molar-refractivity contribution in [2.24, 2.45) is 28.9 Å². The number of likely N-dealkylation sites (tertiary alicyclic amines) is 1. The van der Waals surface area contributed by atoms with Crippen molar-refractivity contribution in [1.29, 1.82) is 0 Å². The van der Waals surface area contributed by atoms with Gasteiger partial charge in [0, 0.05) is 19.1 Å². The molecule has 0 aromatic rings. The first kappa shape index (κ1) is 12.0. The van der Waals surface area contributed by atoms with Crippen LogP contribution in [0.15, 0.2) is 0 Å². The zero-order valence-electron chi connectivity index (χ0n) is 11.5. The predicted octanol–water partition coefficient (Wildman–Crippen LogP) is 2.48. The predicted molar refractivity (Wildman–Crippen MR) is 71.8 cm³/mol. The molecule has 2 heteroatoms. The zero-order valence-corrected chi connectivity index (χ0v) is 11.5. The Kier molecular flexibility index (Phi) is 2.99. The van der Waals surface area contributed by atoms with Crippen molar-refractivity contribution in [2.45, 2.75) is 52.0 Å². The summed E-state index contributed by atoms with van der Waals surface area (Å²) in [7, 11) is 0. The Morgan fingerprint density at radius 3 is 2.65 bits per heavy atom. The molecular formula is C15H28N2. The summed E-state index contributed by atoms with van der Waals surface area (Å²) in [5.74, 6) is 2.63. The quantitative estimate of drug-likeness (QED) is 0.798. The summed E-state index contributed by atoms with van der Waals surface area (Å²) in [5.41, 5.74) is 6.95. The third-order valence-electron chi connectivity index (χ3n) is 5.61. The van der Waals surface area contributed by atoms with E-state index in [0.29, 0.717) is 11.5 Å². The normalized spacial score (nSPS) is 45.4. The second kappa shape index (κ2) is 4.24. The van der Waals surface area contributed by atoms with E-state index in [-0.39, 0.29) is 0 Å². The van der Waals surface area contributed by atoms with Gasteiger partial charge in [-0.3, -0.25) is 0 Å². The summed E-state index contributed by atoms with van der Waals surface area (Å²) in [5, 5.41) is 0. The third-order valence-corrected chi connectivity index (χ3v) is 5.61. The zero-order chi connectivity index (χ0) is 12.0. The summed E-state index contributed by atoms with van der Waals surface area (Å²) in [6.07, 6.45) is 7.08. The smallest absolute Gasteiger partial charge is 0.0111 e. The first-order valence-electron chi connectivity index (χ1n) is 7.53. The van der Waals surface area contributed by atoms with Gasteiger partial charge in [-0.05, 0) is 61.8 Å². The lowest BCUT2D eigenvalue weighted by Gasteiger charge is -2.41. The fourth-order valence-corrected chi connectivity index (χ4v) is 4.72. The van der Waals surface area contributed by atoms with E-state index in [1.807, 2.05) is 0 Å². The summed E-state index contributed by atoms with van der Waals surface area (Å²) >= 11 is 0. The molecule has 2 N–H and O–H groups in total. The van der Waals surface area contributed by atoms with Crippen LogP contribution in [0.2, 0.25) is 0 Å². The number of nitrogens with two attached hydrogens (primary N) is 1. The molecule has 2 saturated carbocycles. The number of hydrogen-bond acceptors (Lipinski definition) is 2. The maximum atomic E-state index is 6.42. The molecule has 1 saturated heterocycles. The summed E-state index contributed by atoms with van der Waals surface area (Å²) in [6.45, 7) is 8.71. The first-order chi connectivity index (χ1) is 8.05. The second-order valence-corrected chi connectivity index (χ2v) is 7.58. The van der Waals surface area contributed by atoms with Crippen LogP contribution in [0.4, 0.5) is 0 Å². The van der Waals surface area contributed by atoms with Gasteiger partial charge in [-0.1, -0.05) is 13.8 Å². The largest absolute Gasteiger partial charge is 0.327 e. The highest BCUT2D eigenvalue weighted by Gasteiger charge is 2.46. The van der Waals surface area contributed by atoms with Crippen LogP contribution in [0.3, 0.4) is 0 Å². The lowest BCUT2D eigenvalue weighted by molar-refractivity contribution is 0.0851. The van der Waals surface area contributed by atoms with Gasteiger partial charge in [-0.2, -0.15) is 0 Å². The number of rotatable bonds is 2. The minimum Gasteiger partial charge on any atom is -0.327 e. The standard InChI is InChI=1S/C15H28N2/c1-15(2)6-3-7-17(10-15)9-13-11-4-5-12(8-11)14(13)16/h11-14H,3-10,16H2,1-2H3. The van der Waals surface area contributed by atoms with Crippen LogP contribution in [0.5, 0.6) is 0 Å². The van der Waals surface area contributed by atoms with Gasteiger partial charge in [0.05, 0.1) is 0 Å². The SMILES string of the molecule is CC1(C)CCCN(CC2C3CCC(C3)C2N)C1. The van der Waals surface area contributed by atoms with Crippen LogP contribution in [-0.4, -0.2) is 30.6 Å². The topological polar surface area (TPSA) is 29.3 Å². The Bertz CT molecular complexity index is 285. The van der Waals surface area contributed by atoms with Crippen LogP contribution in [-0.2, 0) is 0 Å². The van der Waals surface area contributed by atoms with E-state index in [1.165, 1.54) is 51.7 Å². The molecule has 1 heterocycles. The van der Waals surface area contributed by atoms with Crippen molar-refractivity contribution in [3.05, 3.63) is 0 Å². The maximum absolute atomic E-state index is 6.42. The molecule has 3 rings (SSSR count). The van der Waals surface area contributed by atoms with Gasteiger partial charge in [-0.15, -0.1) is 0 Å². The van der Waals surface area contributed by atoms with Gasteiger partial charge in [-0.25, -0.2) is 0 Å². The van der Waals surface area contributed by atoms with E-state index in [9.17, 15) is 0 Å². The van der Waals surface area contributed by atoms with Crippen LogP contribution in [0.1, 0.15) is 46.0 Å². The van der Waals surface area contributed by atoms with Gasteiger partial charge in [0.2, 0.25) is 0 Å². The van der Waals surface area contributed by atoms with Crippen LogP contribution < -0.4 is 5.73 Å². The van der Waals surface area contributed by atoms with Crippen molar-refractivity contribution in [3.63, 3.8) is 0 Å². The van der Waals surface area contributed by atoms with Crippen LogP contribution >= 0.6 is 0 Å². The molecule has 0 aromatic heterocycles. The van der Waals surface area contributed by atoms with E-state index in [1.54, 1.807) is 0 Å². The fraction of sp³-hybridized carbons (Fsp3) is 1.00. The maximum Gasteiger partial charge on any atom is 0.0111 e. The summed E-state index contributed by atoms with van der Waals surface area (Å²) < 4.78 is 0. The van der Waals surface area contributed by atoms with Crippen LogP contribution in [0.25, 0.3) is 0 Å². The van der Waals surface area contributed by atoms with Gasteiger partial charge in [0.25, 0.3) is 0 Å². The molecule has 2 bridgehead atoms. The van der Waals surface area contributed by atoms with E-state index in [0.717, 1.165) is 17.8 Å². The number of nitrogens with zero attached hydrogens (tertiary/aromatic N) is 1. The minimum atomic E-state index is 0.513.